The number of amides is 1. The molecule has 0 spiro atoms. The number of aromatic nitrogens is 2. The van der Waals surface area contributed by atoms with Crippen LogP contribution in [0.15, 0.2) is 60.8 Å². The Balaban J connectivity index is 1.74. The highest BCUT2D eigenvalue weighted by Gasteiger charge is 2.17. The number of halogens is 1. The van der Waals surface area contributed by atoms with Gasteiger partial charge < -0.3 is 15.0 Å². The Kier molecular flexibility index (Phi) is 7.45. The number of likely N-dealkylation sites (N-methyl/N-ethyl adjacent to an activating group) is 1. The summed E-state index contributed by atoms with van der Waals surface area (Å²) in [5.74, 6) is 1.21. The molecule has 2 aromatic carbocycles. The highest BCUT2D eigenvalue weighted by atomic mass is 19.1. The summed E-state index contributed by atoms with van der Waals surface area (Å²) in [4.78, 5) is 23.4. The van der Waals surface area contributed by atoms with Crippen LogP contribution in [0.4, 0.5) is 4.39 Å². The molecule has 0 bridgehead atoms. The number of hydrogen-bond acceptors (Lipinski definition) is 5. The standard InChI is InChI=1S/C23H25FN4O2/c1-3-15-28(16-14-25-2)23(29)21-12-13-26-22(27-21)17-4-8-19(9-5-17)30-20-10-6-18(24)7-11-20/h4-13,25H,3,14-16H2,1-2H3. The van der Waals surface area contributed by atoms with Crippen molar-refractivity contribution in [3.8, 4) is 22.9 Å². The minimum Gasteiger partial charge on any atom is -0.457 e. The van der Waals surface area contributed by atoms with Crippen LogP contribution >= 0.6 is 0 Å². The molecule has 0 aliphatic rings. The van der Waals surface area contributed by atoms with Crippen LogP contribution in [0.5, 0.6) is 11.5 Å². The van der Waals surface area contributed by atoms with Crippen molar-refractivity contribution >= 4 is 5.91 Å². The predicted molar refractivity (Wildman–Crippen MR) is 114 cm³/mol. The fourth-order valence-corrected chi connectivity index (χ4v) is 2.92. The second kappa shape index (κ2) is 10.5. The van der Waals surface area contributed by atoms with Crippen molar-refractivity contribution in [2.75, 3.05) is 26.7 Å². The van der Waals surface area contributed by atoms with E-state index in [1.54, 1.807) is 41.4 Å². The van der Waals surface area contributed by atoms with Crippen molar-refractivity contribution in [3.05, 3.63) is 72.3 Å². The topological polar surface area (TPSA) is 67.4 Å². The molecule has 3 aromatic rings. The normalized spacial score (nSPS) is 10.6. The number of carbonyl (C=O) groups excluding carboxylic acids is 1. The maximum atomic E-state index is 13.0. The first-order valence-corrected chi connectivity index (χ1v) is 9.91. The van der Waals surface area contributed by atoms with Crippen LogP contribution < -0.4 is 10.1 Å². The molecule has 0 unspecified atom stereocenters. The molecule has 30 heavy (non-hydrogen) atoms. The summed E-state index contributed by atoms with van der Waals surface area (Å²) in [7, 11) is 1.86. The van der Waals surface area contributed by atoms with E-state index in [-0.39, 0.29) is 11.7 Å². The molecule has 1 aromatic heterocycles. The van der Waals surface area contributed by atoms with Gasteiger partial charge in [0.25, 0.3) is 5.91 Å². The summed E-state index contributed by atoms with van der Waals surface area (Å²) in [5.41, 5.74) is 1.14. The van der Waals surface area contributed by atoms with Crippen LogP contribution in [0, 0.1) is 5.82 Å². The molecule has 7 heteroatoms. The van der Waals surface area contributed by atoms with E-state index < -0.39 is 0 Å². The third-order valence-corrected chi connectivity index (χ3v) is 4.45. The lowest BCUT2D eigenvalue weighted by molar-refractivity contribution is 0.0751. The van der Waals surface area contributed by atoms with Gasteiger partial charge in [0.05, 0.1) is 0 Å². The quantitative estimate of drug-likeness (QED) is 0.576. The van der Waals surface area contributed by atoms with Gasteiger partial charge in [-0.05, 0) is 68.1 Å². The van der Waals surface area contributed by atoms with Crippen LogP contribution in [0.1, 0.15) is 23.8 Å². The Labute approximate surface area is 175 Å². The van der Waals surface area contributed by atoms with Crippen molar-refractivity contribution in [3.63, 3.8) is 0 Å². The van der Waals surface area contributed by atoms with Crippen LogP contribution in [0.3, 0.4) is 0 Å². The summed E-state index contributed by atoms with van der Waals surface area (Å²) in [6.45, 7) is 4.06. The Hall–Kier alpha value is -3.32. The van der Waals surface area contributed by atoms with Gasteiger partial charge in [-0.2, -0.15) is 0 Å². The van der Waals surface area contributed by atoms with E-state index in [4.69, 9.17) is 4.74 Å². The Morgan fingerprint density at radius 2 is 1.70 bits per heavy atom. The minimum atomic E-state index is -0.312. The second-order valence-electron chi connectivity index (χ2n) is 6.74. The molecule has 156 valence electrons. The number of carbonyl (C=O) groups is 1. The number of hydrogen-bond donors (Lipinski definition) is 1. The molecular formula is C23H25FN4O2. The maximum Gasteiger partial charge on any atom is 0.272 e. The average molecular weight is 408 g/mol. The molecule has 1 amide bonds. The van der Waals surface area contributed by atoms with Gasteiger partial charge in [-0.1, -0.05) is 6.92 Å². The summed E-state index contributed by atoms with van der Waals surface area (Å²) in [5, 5.41) is 3.07. The Bertz CT molecular complexity index is 962. The van der Waals surface area contributed by atoms with Crippen LogP contribution in [0.2, 0.25) is 0 Å². The van der Waals surface area contributed by atoms with Crippen molar-refractivity contribution < 1.29 is 13.9 Å². The molecule has 0 fully saturated rings. The lowest BCUT2D eigenvalue weighted by Gasteiger charge is -2.21. The summed E-state index contributed by atoms with van der Waals surface area (Å²) >= 11 is 0. The van der Waals surface area contributed by atoms with Gasteiger partial charge >= 0.3 is 0 Å². The van der Waals surface area contributed by atoms with Gasteiger partial charge in [-0.15, -0.1) is 0 Å². The van der Waals surface area contributed by atoms with Crippen LogP contribution in [-0.4, -0.2) is 47.5 Å². The zero-order valence-electron chi connectivity index (χ0n) is 17.1. The lowest BCUT2D eigenvalue weighted by Crippen LogP contribution is -2.37. The van der Waals surface area contributed by atoms with Gasteiger partial charge in [0.15, 0.2) is 5.82 Å². The molecule has 0 aliphatic heterocycles. The number of nitrogens with one attached hydrogen (secondary N) is 1. The monoisotopic (exact) mass is 408 g/mol. The van der Waals surface area contributed by atoms with Gasteiger partial charge in [-0.25, -0.2) is 14.4 Å². The molecule has 1 N–H and O–H groups in total. The molecule has 0 radical (unpaired) electrons. The van der Waals surface area contributed by atoms with Gasteiger partial charge in [0.2, 0.25) is 0 Å². The van der Waals surface area contributed by atoms with Crippen molar-refractivity contribution in [1.82, 2.24) is 20.2 Å². The summed E-state index contributed by atoms with van der Waals surface area (Å²) in [6.07, 6.45) is 2.48. The number of benzene rings is 2. The number of nitrogens with zero attached hydrogens (tertiary/aromatic N) is 3. The van der Waals surface area contributed by atoms with Crippen LogP contribution in [-0.2, 0) is 0 Å². The maximum absolute atomic E-state index is 13.0. The van der Waals surface area contributed by atoms with E-state index in [0.717, 1.165) is 18.5 Å². The largest absolute Gasteiger partial charge is 0.457 e. The molecule has 0 saturated carbocycles. The molecule has 1 heterocycles. The van der Waals surface area contributed by atoms with Crippen molar-refractivity contribution in [1.29, 1.82) is 0 Å². The van der Waals surface area contributed by atoms with Crippen molar-refractivity contribution in [2.24, 2.45) is 0 Å². The lowest BCUT2D eigenvalue weighted by atomic mass is 10.2. The molecule has 0 aliphatic carbocycles. The molecule has 0 saturated heterocycles. The zero-order valence-corrected chi connectivity index (χ0v) is 17.1. The first-order valence-electron chi connectivity index (χ1n) is 9.91. The second-order valence-corrected chi connectivity index (χ2v) is 6.74. The first-order chi connectivity index (χ1) is 14.6. The van der Waals surface area contributed by atoms with Crippen molar-refractivity contribution in [2.45, 2.75) is 13.3 Å². The number of rotatable bonds is 9. The molecule has 6 nitrogen and oxygen atoms in total. The first kappa shape index (κ1) is 21.4. The van der Waals surface area contributed by atoms with E-state index in [0.29, 0.717) is 36.1 Å². The Morgan fingerprint density at radius 1 is 1.03 bits per heavy atom. The van der Waals surface area contributed by atoms with E-state index >= 15 is 0 Å². The predicted octanol–water partition coefficient (Wildman–Crippen LogP) is 4.15. The SMILES string of the molecule is CCCN(CCNC)C(=O)c1ccnc(-c2ccc(Oc3ccc(F)cc3)cc2)n1. The van der Waals surface area contributed by atoms with E-state index in [9.17, 15) is 9.18 Å². The fraction of sp³-hybridized carbons (Fsp3) is 0.261. The van der Waals surface area contributed by atoms with Gasteiger partial charge in [-0.3, -0.25) is 4.79 Å². The Morgan fingerprint density at radius 3 is 2.33 bits per heavy atom. The third kappa shape index (κ3) is 5.61. The average Bonchev–Trinajstić information content (AvgIpc) is 2.78. The van der Waals surface area contributed by atoms with Gasteiger partial charge in [0.1, 0.15) is 23.0 Å². The third-order valence-electron chi connectivity index (χ3n) is 4.45. The minimum absolute atomic E-state index is 0.105. The fourth-order valence-electron chi connectivity index (χ4n) is 2.92. The van der Waals surface area contributed by atoms with E-state index in [2.05, 4.69) is 15.3 Å². The summed E-state index contributed by atoms with van der Waals surface area (Å²) in [6, 6.07) is 14.7. The van der Waals surface area contributed by atoms with E-state index in [1.807, 2.05) is 26.1 Å². The molecule has 0 atom stereocenters. The highest BCUT2D eigenvalue weighted by Crippen LogP contribution is 2.24. The zero-order chi connectivity index (χ0) is 21.3. The van der Waals surface area contributed by atoms with E-state index in [1.165, 1.54) is 12.1 Å². The summed E-state index contributed by atoms with van der Waals surface area (Å²) < 4.78 is 18.7. The molecular weight excluding hydrogens is 383 g/mol. The van der Waals surface area contributed by atoms with Gasteiger partial charge in [0, 0.05) is 31.4 Å². The van der Waals surface area contributed by atoms with Crippen LogP contribution in [0.25, 0.3) is 11.4 Å². The number of ether oxygens (including phenoxy) is 1. The molecule has 3 rings (SSSR count). The highest BCUT2D eigenvalue weighted by molar-refractivity contribution is 5.92. The smallest absolute Gasteiger partial charge is 0.272 e.